The molecule has 0 saturated carbocycles. The number of hydrogen-bond donors (Lipinski definition) is 0. The molecule has 5 rings (SSSR count). The standard InChI is InChI=1S/C30H24F3N5S/c1-18-23-10-5-6-11-25(23)35-27(24(18)17-34)39-28-37-36-26(19-12-14-20(15-13-19)29(2,3)4)38(28)22-9-7-8-21(16-22)30(31,32)33/h5-16H,1-4H3. The molecule has 0 unspecified atom stereocenters. The van der Waals surface area contributed by atoms with Crippen LogP contribution in [0.1, 0.15) is 43.0 Å². The number of nitrogens with zero attached hydrogens (tertiary/aromatic N) is 5. The Hall–Kier alpha value is -4.16. The van der Waals surface area contributed by atoms with E-state index < -0.39 is 11.7 Å². The number of pyridine rings is 1. The highest BCUT2D eigenvalue weighted by molar-refractivity contribution is 7.99. The highest BCUT2D eigenvalue weighted by atomic mass is 32.2. The Morgan fingerprint density at radius 3 is 2.26 bits per heavy atom. The van der Waals surface area contributed by atoms with E-state index in [2.05, 4.69) is 37.0 Å². The average Bonchev–Trinajstić information content (AvgIpc) is 3.31. The summed E-state index contributed by atoms with van der Waals surface area (Å²) in [7, 11) is 0. The van der Waals surface area contributed by atoms with E-state index in [0.29, 0.717) is 32.7 Å². The van der Waals surface area contributed by atoms with Crippen LogP contribution < -0.4 is 0 Å². The quantitative estimate of drug-likeness (QED) is 0.229. The van der Waals surface area contributed by atoms with E-state index in [0.717, 1.165) is 40.4 Å². The molecule has 196 valence electrons. The Morgan fingerprint density at radius 1 is 0.872 bits per heavy atom. The van der Waals surface area contributed by atoms with E-state index in [1.165, 1.54) is 6.07 Å². The SMILES string of the molecule is Cc1c(C#N)c(Sc2nnc(-c3ccc(C(C)(C)C)cc3)n2-c2cccc(C(F)(F)F)c2)nc2ccccc12. The molecule has 39 heavy (non-hydrogen) atoms. The molecule has 0 fully saturated rings. The summed E-state index contributed by atoms with van der Waals surface area (Å²) in [6.45, 7) is 8.17. The Labute approximate surface area is 228 Å². The molecular formula is C30H24F3N5S. The van der Waals surface area contributed by atoms with Gasteiger partial charge in [0.25, 0.3) is 0 Å². The van der Waals surface area contributed by atoms with Crippen molar-refractivity contribution in [3.05, 3.63) is 95.1 Å². The summed E-state index contributed by atoms with van der Waals surface area (Å²) in [5.41, 5.74) is 3.08. The Kier molecular flexibility index (Phi) is 6.69. The van der Waals surface area contributed by atoms with Gasteiger partial charge in [0.05, 0.1) is 22.3 Å². The number of para-hydroxylation sites is 1. The van der Waals surface area contributed by atoms with Crippen LogP contribution in [0.5, 0.6) is 0 Å². The molecule has 2 aromatic heterocycles. The first-order valence-corrected chi connectivity index (χ1v) is 13.0. The van der Waals surface area contributed by atoms with Crippen LogP contribution >= 0.6 is 11.8 Å². The topological polar surface area (TPSA) is 67.4 Å². The fourth-order valence-electron chi connectivity index (χ4n) is 4.34. The minimum atomic E-state index is -4.52. The van der Waals surface area contributed by atoms with Crippen molar-refractivity contribution in [3.63, 3.8) is 0 Å². The number of nitriles is 1. The fourth-order valence-corrected chi connectivity index (χ4v) is 5.32. The zero-order valence-corrected chi connectivity index (χ0v) is 22.5. The maximum atomic E-state index is 13.6. The zero-order chi connectivity index (χ0) is 27.9. The highest BCUT2D eigenvalue weighted by Crippen LogP contribution is 2.37. The molecule has 0 amide bonds. The summed E-state index contributed by atoms with van der Waals surface area (Å²) in [6, 6.07) is 22.5. The summed E-state index contributed by atoms with van der Waals surface area (Å²) in [6.07, 6.45) is -4.52. The summed E-state index contributed by atoms with van der Waals surface area (Å²) >= 11 is 1.10. The largest absolute Gasteiger partial charge is 0.416 e. The minimum absolute atomic E-state index is 0.0679. The molecule has 5 nitrogen and oxygen atoms in total. The molecule has 9 heteroatoms. The van der Waals surface area contributed by atoms with Crippen LogP contribution in [-0.4, -0.2) is 19.7 Å². The van der Waals surface area contributed by atoms with Crippen LogP contribution in [0.15, 0.2) is 83.0 Å². The Balaban J connectivity index is 1.69. The monoisotopic (exact) mass is 543 g/mol. The van der Waals surface area contributed by atoms with E-state index in [1.807, 2.05) is 55.5 Å². The molecule has 0 radical (unpaired) electrons. The lowest BCUT2D eigenvalue weighted by molar-refractivity contribution is -0.137. The van der Waals surface area contributed by atoms with Crippen molar-refractivity contribution in [2.75, 3.05) is 0 Å². The van der Waals surface area contributed by atoms with Crippen LogP contribution in [0.25, 0.3) is 28.0 Å². The number of benzene rings is 3. The lowest BCUT2D eigenvalue weighted by atomic mass is 9.87. The summed E-state index contributed by atoms with van der Waals surface area (Å²) in [5, 5.41) is 20.3. The summed E-state index contributed by atoms with van der Waals surface area (Å²) < 4.78 is 42.5. The molecule has 0 aliphatic rings. The normalized spacial score (nSPS) is 12.1. The number of halogens is 3. The van der Waals surface area contributed by atoms with Crippen LogP contribution in [0.2, 0.25) is 0 Å². The van der Waals surface area contributed by atoms with Gasteiger partial charge in [-0.3, -0.25) is 4.57 Å². The van der Waals surface area contributed by atoms with Crippen LogP contribution in [-0.2, 0) is 11.6 Å². The van der Waals surface area contributed by atoms with Gasteiger partial charge in [-0.2, -0.15) is 18.4 Å². The molecule has 3 aromatic carbocycles. The lowest BCUT2D eigenvalue weighted by Gasteiger charge is -2.19. The summed E-state index contributed by atoms with van der Waals surface area (Å²) in [4.78, 5) is 4.69. The molecule has 0 spiro atoms. The van der Waals surface area contributed by atoms with Crippen molar-refractivity contribution in [1.29, 1.82) is 5.26 Å². The molecule has 5 aromatic rings. The van der Waals surface area contributed by atoms with Crippen molar-refractivity contribution in [2.24, 2.45) is 0 Å². The van der Waals surface area contributed by atoms with Crippen LogP contribution in [0.3, 0.4) is 0 Å². The molecule has 0 saturated heterocycles. The minimum Gasteiger partial charge on any atom is -0.270 e. The molecule has 0 aliphatic carbocycles. The molecular weight excluding hydrogens is 519 g/mol. The van der Waals surface area contributed by atoms with Gasteiger partial charge in [-0.1, -0.05) is 69.3 Å². The van der Waals surface area contributed by atoms with Crippen molar-refractivity contribution in [2.45, 2.75) is 49.5 Å². The van der Waals surface area contributed by atoms with Crippen molar-refractivity contribution in [1.82, 2.24) is 19.7 Å². The lowest BCUT2D eigenvalue weighted by Crippen LogP contribution is -2.10. The van der Waals surface area contributed by atoms with E-state index in [4.69, 9.17) is 4.98 Å². The molecule has 0 bridgehead atoms. The first-order chi connectivity index (χ1) is 18.5. The molecule has 0 N–H and O–H groups in total. The van der Waals surface area contributed by atoms with E-state index in [-0.39, 0.29) is 11.1 Å². The first-order valence-electron chi connectivity index (χ1n) is 12.2. The predicted octanol–water partition coefficient (Wildman–Crippen LogP) is 8.13. The van der Waals surface area contributed by atoms with E-state index >= 15 is 0 Å². The fraction of sp³-hybridized carbons (Fsp3) is 0.200. The van der Waals surface area contributed by atoms with Crippen molar-refractivity contribution >= 4 is 22.7 Å². The van der Waals surface area contributed by atoms with Gasteiger partial charge in [0.15, 0.2) is 5.82 Å². The number of fused-ring (bicyclic) bond motifs is 1. The Morgan fingerprint density at radius 2 is 1.59 bits per heavy atom. The van der Waals surface area contributed by atoms with Crippen molar-refractivity contribution in [3.8, 4) is 23.1 Å². The third-order valence-electron chi connectivity index (χ3n) is 6.49. The van der Waals surface area contributed by atoms with Gasteiger partial charge in [0.2, 0.25) is 5.16 Å². The smallest absolute Gasteiger partial charge is 0.270 e. The second-order valence-electron chi connectivity index (χ2n) is 10.2. The third-order valence-corrected chi connectivity index (χ3v) is 7.43. The van der Waals surface area contributed by atoms with Crippen LogP contribution in [0.4, 0.5) is 13.2 Å². The number of aromatic nitrogens is 4. The van der Waals surface area contributed by atoms with E-state index in [9.17, 15) is 18.4 Å². The Bertz CT molecular complexity index is 1730. The highest BCUT2D eigenvalue weighted by Gasteiger charge is 2.31. The number of hydrogen-bond acceptors (Lipinski definition) is 5. The first kappa shape index (κ1) is 26.4. The van der Waals surface area contributed by atoms with Gasteiger partial charge in [-0.25, -0.2) is 4.98 Å². The number of alkyl halides is 3. The number of rotatable bonds is 4. The predicted molar refractivity (Wildman–Crippen MR) is 146 cm³/mol. The average molecular weight is 544 g/mol. The molecule has 0 atom stereocenters. The zero-order valence-electron chi connectivity index (χ0n) is 21.7. The van der Waals surface area contributed by atoms with Crippen LogP contribution in [0, 0.1) is 18.3 Å². The molecule has 0 aliphatic heterocycles. The van der Waals surface area contributed by atoms with Gasteiger partial charge >= 0.3 is 6.18 Å². The van der Waals surface area contributed by atoms with Gasteiger partial charge in [-0.05, 0) is 59.5 Å². The second-order valence-corrected chi connectivity index (χ2v) is 11.1. The third kappa shape index (κ3) is 5.12. The van der Waals surface area contributed by atoms with Gasteiger partial charge in [0.1, 0.15) is 11.1 Å². The van der Waals surface area contributed by atoms with Crippen molar-refractivity contribution < 1.29 is 13.2 Å². The van der Waals surface area contributed by atoms with Gasteiger partial charge in [-0.15, -0.1) is 10.2 Å². The maximum absolute atomic E-state index is 13.6. The van der Waals surface area contributed by atoms with Gasteiger partial charge in [0, 0.05) is 10.9 Å². The number of aryl methyl sites for hydroxylation is 1. The second kappa shape index (κ2) is 9.86. The van der Waals surface area contributed by atoms with E-state index in [1.54, 1.807) is 10.6 Å². The molecule has 2 heterocycles. The van der Waals surface area contributed by atoms with Gasteiger partial charge < -0.3 is 0 Å². The maximum Gasteiger partial charge on any atom is 0.416 e. The summed E-state index contributed by atoms with van der Waals surface area (Å²) in [5.74, 6) is 0.383.